The summed E-state index contributed by atoms with van der Waals surface area (Å²) in [4.78, 5) is 44.4. The summed E-state index contributed by atoms with van der Waals surface area (Å²) in [7, 11) is 0. The van der Waals surface area contributed by atoms with Gasteiger partial charge in [0, 0.05) is 130 Å². The van der Waals surface area contributed by atoms with Crippen LogP contribution in [0.1, 0.15) is 16.7 Å². The normalized spacial score (nSPS) is 11.5. The van der Waals surface area contributed by atoms with E-state index in [4.69, 9.17) is 53.7 Å². The Morgan fingerprint density at radius 2 is 0.507 bits per heavy atom. The van der Waals surface area contributed by atoms with Crippen LogP contribution >= 0.6 is 11.3 Å². The fourth-order valence-electron chi connectivity index (χ4n) is 18.9. The molecule has 27 rings (SSSR count). The first-order chi connectivity index (χ1) is 68.2. The Hall–Kier alpha value is -19.3. The number of thiophene rings is 1. The van der Waals surface area contributed by atoms with E-state index in [1.807, 2.05) is 212 Å². The SMILES string of the molecule is N#Cc1ccc(-c2nc(-c3ccccc3)nc(-c3ccc(-n4c5ccccc5c5cc6sc7ccccc7c6cc54)cc3)n2)cc1.N#Cc1cccc(-c2cccc(-c3nc(-c4ccccc4)nc(-n4c5ccccc5c5cc6oc7ccccc7c6cc54)n3)c2)c1.N#Cc1cccc(-c2nc(-c3ccccc3)nc(-c3ccc(-n4c5ccccc5c5cc6oc7ccccc7c6cc54)cc3)n2)c1. The van der Waals surface area contributed by atoms with Crippen LogP contribution in [0, 0.1) is 34.0 Å². The predicted octanol–water partition coefficient (Wildman–Crippen LogP) is 29.7. The van der Waals surface area contributed by atoms with Crippen molar-refractivity contribution in [1.29, 1.82) is 15.8 Å². The predicted molar refractivity (Wildman–Crippen MR) is 553 cm³/mol. The van der Waals surface area contributed by atoms with Crippen LogP contribution in [-0.4, -0.2) is 58.6 Å². The molecule has 642 valence electrons. The monoisotopic (exact) mass is 1780 g/mol. The highest BCUT2D eigenvalue weighted by Gasteiger charge is 2.25. The molecular formula is C120H69N15O2S. The third kappa shape index (κ3) is 14.5. The van der Waals surface area contributed by atoms with Crippen LogP contribution in [-0.2, 0) is 0 Å². The molecule has 0 N–H and O–H groups in total. The van der Waals surface area contributed by atoms with Crippen molar-refractivity contribution >= 4 is 141 Å². The van der Waals surface area contributed by atoms with Crippen molar-refractivity contribution in [3.63, 3.8) is 0 Å². The minimum absolute atomic E-state index is 0.517. The highest BCUT2D eigenvalue weighted by Crippen LogP contribution is 2.45. The number of nitriles is 3. The lowest BCUT2D eigenvalue weighted by atomic mass is 10.0. The van der Waals surface area contributed by atoms with Gasteiger partial charge in [-0.2, -0.15) is 25.8 Å². The Balaban J connectivity index is 0.000000110. The molecule has 0 amide bonds. The molecule has 0 aliphatic carbocycles. The topological polar surface area (TPSA) is 228 Å². The van der Waals surface area contributed by atoms with Gasteiger partial charge >= 0.3 is 0 Å². The molecule has 18 heteroatoms. The maximum atomic E-state index is 9.49. The van der Waals surface area contributed by atoms with Crippen molar-refractivity contribution in [2.75, 3.05) is 0 Å². The second kappa shape index (κ2) is 33.8. The number of nitrogens with zero attached hydrogens (tertiary/aromatic N) is 15. The maximum Gasteiger partial charge on any atom is 0.238 e. The van der Waals surface area contributed by atoms with Crippen LogP contribution in [0.4, 0.5) is 0 Å². The van der Waals surface area contributed by atoms with Gasteiger partial charge in [0.25, 0.3) is 0 Å². The Labute approximate surface area is 791 Å². The van der Waals surface area contributed by atoms with E-state index in [1.54, 1.807) is 24.3 Å². The number of aromatic nitrogens is 12. The molecule has 17 nitrogen and oxygen atoms in total. The maximum absolute atomic E-state index is 9.49. The van der Waals surface area contributed by atoms with Gasteiger partial charge in [-0.05, 0) is 187 Å². The summed E-state index contributed by atoms with van der Waals surface area (Å²) in [6.45, 7) is 0. The fourth-order valence-corrected chi connectivity index (χ4v) is 20.0. The molecular weight excluding hydrogens is 1720 g/mol. The van der Waals surface area contributed by atoms with Crippen molar-refractivity contribution in [3.8, 4) is 138 Å². The average Bonchev–Trinajstić information content (AvgIpc) is 1.58. The van der Waals surface area contributed by atoms with E-state index in [-0.39, 0.29) is 0 Å². The van der Waals surface area contributed by atoms with E-state index in [1.165, 1.54) is 42.0 Å². The second-order valence-corrected chi connectivity index (χ2v) is 34.8. The van der Waals surface area contributed by atoms with Gasteiger partial charge in [0.2, 0.25) is 5.95 Å². The van der Waals surface area contributed by atoms with E-state index < -0.39 is 0 Å². The Bertz CT molecular complexity index is 9710. The molecule has 9 aromatic heterocycles. The highest BCUT2D eigenvalue weighted by molar-refractivity contribution is 7.25. The third-order valence-corrected chi connectivity index (χ3v) is 26.6. The Kier molecular flexibility index (Phi) is 19.8. The lowest BCUT2D eigenvalue weighted by Crippen LogP contribution is -2.06. The lowest BCUT2D eigenvalue weighted by Gasteiger charge is -2.11. The van der Waals surface area contributed by atoms with Gasteiger partial charge < -0.3 is 18.0 Å². The fraction of sp³-hybridized carbons (Fsp3) is 0. The summed E-state index contributed by atoms with van der Waals surface area (Å²) in [5, 5.41) is 42.0. The summed E-state index contributed by atoms with van der Waals surface area (Å²) in [6, 6.07) is 147. The van der Waals surface area contributed by atoms with Gasteiger partial charge in [0.05, 0.1) is 68.0 Å². The zero-order valence-electron chi connectivity index (χ0n) is 73.3. The second-order valence-electron chi connectivity index (χ2n) is 33.7. The van der Waals surface area contributed by atoms with Crippen molar-refractivity contribution in [3.05, 3.63) is 435 Å². The number of rotatable bonds is 12. The summed E-state index contributed by atoms with van der Waals surface area (Å²) in [6.07, 6.45) is 0. The lowest BCUT2D eigenvalue weighted by molar-refractivity contribution is 0.669. The minimum Gasteiger partial charge on any atom is -0.456 e. The van der Waals surface area contributed by atoms with Crippen LogP contribution in [0.5, 0.6) is 0 Å². The van der Waals surface area contributed by atoms with Gasteiger partial charge in [0.15, 0.2) is 46.6 Å². The van der Waals surface area contributed by atoms with Gasteiger partial charge in [-0.3, -0.25) is 4.57 Å². The first-order valence-electron chi connectivity index (χ1n) is 45.0. The molecule has 9 heterocycles. The van der Waals surface area contributed by atoms with Gasteiger partial charge in [-0.15, -0.1) is 11.3 Å². The molecule has 138 heavy (non-hydrogen) atoms. The van der Waals surface area contributed by atoms with Crippen LogP contribution in [0.2, 0.25) is 0 Å². The Morgan fingerprint density at radius 1 is 0.188 bits per heavy atom. The number of benzene rings is 18. The van der Waals surface area contributed by atoms with Crippen molar-refractivity contribution in [2.24, 2.45) is 0 Å². The minimum atomic E-state index is 0.517. The molecule has 0 spiro atoms. The molecule has 0 saturated carbocycles. The molecule has 0 unspecified atom stereocenters. The zero-order valence-corrected chi connectivity index (χ0v) is 74.1. The standard InChI is InChI=1S/2C40H23N5O.C40H23N5S/c41-24-25-10-8-13-27(20-25)28-14-9-15-29(21-28)39-42-38(26-11-2-1-3-12-26)43-40(44-39)45-34-18-6-4-16-30(34)32-23-37-33(22-35(32)45)31-17-5-7-19-36(31)46-37;41-24-25-9-8-12-28(21-25)40-43-38(26-10-2-1-3-11-26)42-39(44-40)27-17-19-29(20-18-27)45-34-15-6-4-13-30(34)32-23-37-33(22-35(32)45)31-14-5-7-16-36(31)46-37;41-24-25-14-16-27(17-15-25)39-42-38(26-8-2-1-3-9-26)43-40(44-39)28-18-20-29(21-19-28)45-34-12-6-4-10-30(34)32-23-37-33(22-35(32)45)31-11-5-7-13-36(31)46-37/h3*1-23H. The van der Waals surface area contributed by atoms with Crippen molar-refractivity contribution < 1.29 is 8.83 Å². The molecule has 0 bridgehead atoms. The van der Waals surface area contributed by atoms with Crippen LogP contribution in [0.15, 0.2) is 427 Å². The zero-order chi connectivity index (χ0) is 91.8. The first kappa shape index (κ1) is 80.7. The number of hydrogen-bond acceptors (Lipinski definition) is 15. The molecule has 0 saturated heterocycles. The molecule has 0 aliphatic heterocycles. The molecule has 0 radical (unpaired) electrons. The summed E-state index contributed by atoms with van der Waals surface area (Å²) >= 11 is 1.85. The van der Waals surface area contributed by atoms with E-state index in [2.05, 4.69) is 226 Å². The van der Waals surface area contributed by atoms with Crippen molar-refractivity contribution in [2.45, 2.75) is 0 Å². The van der Waals surface area contributed by atoms with Crippen LogP contribution < -0.4 is 0 Å². The number of hydrogen-bond donors (Lipinski definition) is 0. The number of para-hydroxylation sites is 5. The summed E-state index contributed by atoms with van der Waals surface area (Å²) in [5.41, 5.74) is 22.7. The largest absolute Gasteiger partial charge is 0.456 e. The van der Waals surface area contributed by atoms with Crippen molar-refractivity contribution in [1.82, 2.24) is 58.6 Å². The summed E-state index contributed by atoms with van der Waals surface area (Å²) < 4.78 is 21.9. The average molecular weight is 1790 g/mol. The third-order valence-electron chi connectivity index (χ3n) is 25.4. The first-order valence-corrected chi connectivity index (χ1v) is 45.8. The van der Waals surface area contributed by atoms with Crippen LogP contribution in [0.3, 0.4) is 0 Å². The van der Waals surface area contributed by atoms with Gasteiger partial charge in [0.1, 0.15) is 22.3 Å². The molecule has 0 atom stereocenters. The molecule has 0 fully saturated rings. The number of fused-ring (bicyclic) bond motifs is 18. The van der Waals surface area contributed by atoms with E-state index in [0.717, 1.165) is 154 Å². The van der Waals surface area contributed by atoms with E-state index in [9.17, 15) is 15.8 Å². The number of furan rings is 2. The van der Waals surface area contributed by atoms with Crippen LogP contribution in [0.25, 0.3) is 249 Å². The van der Waals surface area contributed by atoms with E-state index >= 15 is 0 Å². The summed E-state index contributed by atoms with van der Waals surface area (Å²) in [5.74, 6) is 5.07. The Morgan fingerprint density at radius 3 is 0.971 bits per heavy atom. The quantitative estimate of drug-likeness (QED) is 0.111. The molecule has 18 aromatic carbocycles. The van der Waals surface area contributed by atoms with E-state index in [0.29, 0.717) is 69.2 Å². The molecule has 27 aromatic rings. The molecule has 0 aliphatic rings. The smallest absolute Gasteiger partial charge is 0.238 e. The van der Waals surface area contributed by atoms with Gasteiger partial charge in [-0.1, -0.05) is 243 Å². The van der Waals surface area contributed by atoms with Gasteiger partial charge in [-0.25, -0.2) is 34.9 Å². The highest BCUT2D eigenvalue weighted by atomic mass is 32.1.